The highest BCUT2D eigenvalue weighted by molar-refractivity contribution is 5.77. The number of nitrogens with one attached hydrogen (secondary N) is 1. The summed E-state index contributed by atoms with van der Waals surface area (Å²) in [4.78, 5) is 13.3. The molecule has 0 saturated carbocycles. The van der Waals surface area contributed by atoms with Crippen molar-refractivity contribution in [2.75, 3.05) is 26.2 Å². The maximum absolute atomic E-state index is 11.6. The molecule has 4 heteroatoms. The van der Waals surface area contributed by atoms with E-state index < -0.39 is 5.60 Å². The van der Waals surface area contributed by atoms with Gasteiger partial charge < -0.3 is 15.3 Å². The van der Waals surface area contributed by atoms with Crippen molar-refractivity contribution in [2.45, 2.75) is 38.7 Å². The third kappa shape index (κ3) is 3.47. The van der Waals surface area contributed by atoms with Crippen molar-refractivity contribution in [3.8, 4) is 0 Å². The number of likely N-dealkylation sites (tertiary alicyclic amines) is 1. The number of hydrogen-bond acceptors (Lipinski definition) is 3. The SMILES string of the molecule is CCCC1(O)CN(C(=O)CCNCC)C1. The molecule has 4 nitrogen and oxygen atoms in total. The van der Waals surface area contributed by atoms with Gasteiger partial charge in [-0.15, -0.1) is 0 Å². The lowest BCUT2D eigenvalue weighted by atomic mass is 9.89. The Morgan fingerprint density at radius 3 is 2.67 bits per heavy atom. The Morgan fingerprint density at radius 1 is 1.47 bits per heavy atom. The second kappa shape index (κ2) is 5.47. The van der Waals surface area contributed by atoms with Crippen LogP contribution in [-0.4, -0.2) is 47.7 Å². The number of carbonyl (C=O) groups is 1. The molecule has 0 spiro atoms. The van der Waals surface area contributed by atoms with Gasteiger partial charge in [0.15, 0.2) is 0 Å². The first-order valence-electron chi connectivity index (χ1n) is 5.82. The van der Waals surface area contributed by atoms with Gasteiger partial charge in [0.25, 0.3) is 0 Å². The van der Waals surface area contributed by atoms with E-state index in [0.29, 0.717) is 19.5 Å². The Kier molecular flexibility index (Phi) is 4.54. The summed E-state index contributed by atoms with van der Waals surface area (Å²) in [6.07, 6.45) is 2.30. The van der Waals surface area contributed by atoms with E-state index in [9.17, 15) is 9.90 Å². The first-order chi connectivity index (χ1) is 7.11. The van der Waals surface area contributed by atoms with E-state index >= 15 is 0 Å². The molecule has 1 aliphatic heterocycles. The third-order valence-corrected chi connectivity index (χ3v) is 2.80. The molecule has 1 heterocycles. The molecule has 0 aromatic heterocycles. The monoisotopic (exact) mass is 214 g/mol. The van der Waals surface area contributed by atoms with Crippen LogP contribution in [-0.2, 0) is 4.79 Å². The molecule has 0 bridgehead atoms. The van der Waals surface area contributed by atoms with E-state index in [1.54, 1.807) is 4.90 Å². The maximum atomic E-state index is 11.6. The fourth-order valence-corrected chi connectivity index (χ4v) is 1.99. The first-order valence-corrected chi connectivity index (χ1v) is 5.82. The molecule has 2 N–H and O–H groups in total. The minimum Gasteiger partial charge on any atom is -0.386 e. The molecule has 0 aromatic carbocycles. The van der Waals surface area contributed by atoms with Crippen molar-refractivity contribution in [1.82, 2.24) is 10.2 Å². The predicted molar refractivity (Wildman–Crippen MR) is 59.6 cm³/mol. The molecule has 15 heavy (non-hydrogen) atoms. The number of nitrogens with zero attached hydrogens (tertiary/aromatic N) is 1. The zero-order chi connectivity index (χ0) is 11.3. The largest absolute Gasteiger partial charge is 0.386 e. The average molecular weight is 214 g/mol. The van der Waals surface area contributed by atoms with Gasteiger partial charge in [-0.1, -0.05) is 20.3 Å². The van der Waals surface area contributed by atoms with Gasteiger partial charge in [0, 0.05) is 13.0 Å². The summed E-state index contributed by atoms with van der Waals surface area (Å²) in [5, 5.41) is 13.0. The van der Waals surface area contributed by atoms with E-state index in [0.717, 1.165) is 25.9 Å². The van der Waals surface area contributed by atoms with Crippen molar-refractivity contribution < 1.29 is 9.90 Å². The van der Waals surface area contributed by atoms with Gasteiger partial charge in [0.05, 0.1) is 18.7 Å². The van der Waals surface area contributed by atoms with Gasteiger partial charge in [-0.05, 0) is 13.0 Å². The van der Waals surface area contributed by atoms with Crippen LogP contribution in [0, 0.1) is 0 Å². The van der Waals surface area contributed by atoms with Crippen molar-refractivity contribution in [3.63, 3.8) is 0 Å². The lowest BCUT2D eigenvalue weighted by molar-refractivity contribution is -0.156. The Morgan fingerprint density at radius 2 is 2.13 bits per heavy atom. The maximum Gasteiger partial charge on any atom is 0.224 e. The van der Waals surface area contributed by atoms with E-state index in [4.69, 9.17) is 0 Å². The van der Waals surface area contributed by atoms with Crippen molar-refractivity contribution in [1.29, 1.82) is 0 Å². The molecule has 0 aromatic rings. The number of rotatable bonds is 6. The fourth-order valence-electron chi connectivity index (χ4n) is 1.99. The highest BCUT2D eigenvalue weighted by Crippen LogP contribution is 2.25. The van der Waals surface area contributed by atoms with Crippen LogP contribution in [0.3, 0.4) is 0 Å². The number of carbonyl (C=O) groups excluding carboxylic acids is 1. The van der Waals surface area contributed by atoms with E-state index in [1.807, 2.05) is 13.8 Å². The van der Waals surface area contributed by atoms with Gasteiger partial charge in [0.2, 0.25) is 5.91 Å². The Balaban J connectivity index is 2.17. The second-order valence-electron chi connectivity index (χ2n) is 4.33. The molecule has 1 fully saturated rings. The van der Waals surface area contributed by atoms with Gasteiger partial charge in [-0.2, -0.15) is 0 Å². The Hall–Kier alpha value is -0.610. The lowest BCUT2D eigenvalue weighted by Crippen LogP contribution is -2.63. The first kappa shape index (κ1) is 12.5. The lowest BCUT2D eigenvalue weighted by Gasteiger charge is -2.46. The zero-order valence-corrected chi connectivity index (χ0v) is 9.75. The molecule has 1 amide bonds. The Labute approximate surface area is 91.6 Å². The smallest absolute Gasteiger partial charge is 0.224 e. The Bertz CT molecular complexity index is 213. The third-order valence-electron chi connectivity index (χ3n) is 2.80. The molecule has 1 rings (SSSR count). The number of aliphatic hydroxyl groups is 1. The average Bonchev–Trinajstić information content (AvgIpc) is 2.14. The van der Waals surface area contributed by atoms with Crippen LogP contribution < -0.4 is 5.32 Å². The molecule has 0 unspecified atom stereocenters. The summed E-state index contributed by atoms with van der Waals surface area (Å²) < 4.78 is 0. The fraction of sp³-hybridized carbons (Fsp3) is 0.909. The molecular weight excluding hydrogens is 192 g/mol. The van der Waals surface area contributed by atoms with Crippen molar-refractivity contribution in [2.24, 2.45) is 0 Å². The quantitative estimate of drug-likeness (QED) is 0.628. The number of β-amino-alcohol motifs (C(OH)–C–C–N with tert-alkyl or cyclic N) is 1. The molecular formula is C11H22N2O2. The highest BCUT2D eigenvalue weighted by Gasteiger charge is 2.42. The summed E-state index contributed by atoms with van der Waals surface area (Å²) in [7, 11) is 0. The van der Waals surface area contributed by atoms with Crippen LogP contribution in [0.25, 0.3) is 0 Å². The summed E-state index contributed by atoms with van der Waals surface area (Å²) in [5.74, 6) is 0.150. The van der Waals surface area contributed by atoms with Crippen LogP contribution in [0.1, 0.15) is 33.1 Å². The van der Waals surface area contributed by atoms with Crippen LogP contribution >= 0.6 is 0 Å². The van der Waals surface area contributed by atoms with E-state index in [2.05, 4.69) is 5.32 Å². The molecule has 0 aliphatic carbocycles. The zero-order valence-electron chi connectivity index (χ0n) is 9.75. The van der Waals surface area contributed by atoms with Crippen LogP contribution in [0.15, 0.2) is 0 Å². The normalized spacial score (nSPS) is 18.7. The molecule has 88 valence electrons. The minimum absolute atomic E-state index is 0.150. The van der Waals surface area contributed by atoms with E-state index in [1.165, 1.54) is 0 Å². The van der Waals surface area contributed by atoms with E-state index in [-0.39, 0.29) is 5.91 Å². The minimum atomic E-state index is -0.595. The van der Waals surface area contributed by atoms with Crippen LogP contribution in [0.2, 0.25) is 0 Å². The van der Waals surface area contributed by atoms with Crippen molar-refractivity contribution in [3.05, 3.63) is 0 Å². The van der Waals surface area contributed by atoms with Gasteiger partial charge in [0.1, 0.15) is 0 Å². The summed E-state index contributed by atoms with van der Waals surface area (Å²) >= 11 is 0. The molecule has 1 saturated heterocycles. The van der Waals surface area contributed by atoms with Gasteiger partial charge in [-0.3, -0.25) is 4.79 Å². The standard InChI is InChI=1S/C11H22N2O2/c1-3-6-11(15)8-13(9-11)10(14)5-7-12-4-2/h12,15H,3-9H2,1-2H3. The number of hydrogen-bond donors (Lipinski definition) is 2. The second-order valence-corrected chi connectivity index (χ2v) is 4.33. The molecule has 0 radical (unpaired) electrons. The summed E-state index contributed by atoms with van der Waals surface area (Å²) in [5.41, 5.74) is -0.595. The summed E-state index contributed by atoms with van der Waals surface area (Å²) in [6, 6.07) is 0. The highest BCUT2D eigenvalue weighted by atomic mass is 16.3. The van der Waals surface area contributed by atoms with Gasteiger partial charge >= 0.3 is 0 Å². The number of amides is 1. The van der Waals surface area contributed by atoms with Crippen LogP contribution in [0.4, 0.5) is 0 Å². The van der Waals surface area contributed by atoms with Crippen LogP contribution in [0.5, 0.6) is 0 Å². The molecule has 0 atom stereocenters. The van der Waals surface area contributed by atoms with Gasteiger partial charge in [-0.25, -0.2) is 0 Å². The van der Waals surface area contributed by atoms with Crippen molar-refractivity contribution >= 4 is 5.91 Å². The topological polar surface area (TPSA) is 52.6 Å². The summed E-state index contributed by atoms with van der Waals surface area (Å²) in [6.45, 7) is 6.74. The molecule has 1 aliphatic rings. The predicted octanol–water partition coefficient (Wildman–Crippen LogP) is 0.359.